The van der Waals surface area contributed by atoms with Gasteiger partial charge in [0.1, 0.15) is 5.75 Å². The van der Waals surface area contributed by atoms with Gasteiger partial charge in [-0.15, -0.1) is 0 Å². The first-order valence-electron chi connectivity index (χ1n) is 9.23. The molecule has 0 aromatic heterocycles. The van der Waals surface area contributed by atoms with Crippen molar-refractivity contribution in [3.63, 3.8) is 0 Å². The SMILES string of the molecule is Cc1ccc([C@@H]2Oc3c(Br)cc(Br)cc3[C@@H]3CC(c4ccccc4)=NN32)cc1. The van der Waals surface area contributed by atoms with Gasteiger partial charge in [0.05, 0.1) is 16.2 Å². The first-order chi connectivity index (χ1) is 13.6. The van der Waals surface area contributed by atoms with Gasteiger partial charge in [0.25, 0.3) is 0 Å². The molecule has 2 aliphatic rings. The van der Waals surface area contributed by atoms with Crippen LogP contribution in [0.25, 0.3) is 0 Å². The molecule has 0 amide bonds. The Hall–Kier alpha value is -2.11. The average Bonchev–Trinajstić information content (AvgIpc) is 3.15. The van der Waals surface area contributed by atoms with Gasteiger partial charge in [0, 0.05) is 22.0 Å². The van der Waals surface area contributed by atoms with E-state index in [0.29, 0.717) is 0 Å². The molecule has 3 nitrogen and oxygen atoms in total. The van der Waals surface area contributed by atoms with Gasteiger partial charge >= 0.3 is 0 Å². The van der Waals surface area contributed by atoms with E-state index in [4.69, 9.17) is 9.84 Å². The molecular weight excluding hydrogens is 480 g/mol. The van der Waals surface area contributed by atoms with E-state index in [2.05, 4.69) is 98.4 Å². The Morgan fingerprint density at radius 3 is 2.50 bits per heavy atom. The fourth-order valence-corrected chi connectivity index (χ4v) is 5.22. The summed E-state index contributed by atoms with van der Waals surface area (Å²) in [5.41, 5.74) is 5.75. The van der Waals surface area contributed by atoms with E-state index in [0.717, 1.165) is 43.5 Å². The number of hydrogen-bond acceptors (Lipinski definition) is 3. The lowest BCUT2D eigenvalue weighted by molar-refractivity contribution is -0.0197. The van der Waals surface area contributed by atoms with Crippen LogP contribution in [0, 0.1) is 6.92 Å². The zero-order chi connectivity index (χ0) is 19.3. The predicted molar refractivity (Wildman–Crippen MR) is 119 cm³/mol. The fraction of sp³-hybridized carbons (Fsp3) is 0.174. The third kappa shape index (κ3) is 3.07. The quantitative estimate of drug-likeness (QED) is 0.390. The van der Waals surface area contributed by atoms with Crippen molar-refractivity contribution in [2.45, 2.75) is 25.6 Å². The van der Waals surface area contributed by atoms with Crippen molar-refractivity contribution in [2.24, 2.45) is 5.10 Å². The smallest absolute Gasteiger partial charge is 0.213 e. The molecule has 3 aromatic rings. The molecule has 0 saturated heterocycles. The molecule has 0 fully saturated rings. The van der Waals surface area contributed by atoms with Crippen LogP contribution in [-0.4, -0.2) is 10.7 Å². The van der Waals surface area contributed by atoms with Crippen LogP contribution >= 0.6 is 31.9 Å². The van der Waals surface area contributed by atoms with Crippen molar-refractivity contribution < 1.29 is 4.74 Å². The lowest BCUT2D eigenvalue weighted by atomic mass is 9.96. The van der Waals surface area contributed by atoms with E-state index >= 15 is 0 Å². The number of aryl methyl sites for hydroxylation is 1. The number of nitrogens with zero attached hydrogens (tertiary/aromatic N) is 2. The van der Waals surface area contributed by atoms with Crippen molar-refractivity contribution in [1.29, 1.82) is 0 Å². The molecule has 0 saturated carbocycles. The van der Waals surface area contributed by atoms with Gasteiger partial charge in [-0.2, -0.15) is 5.10 Å². The minimum atomic E-state index is -0.253. The molecule has 2 atom stereocenters. The molecule has 0 bridgehead atoms. The van der Waals surface area contributed by atoms with Gasteiger partial charge in [-0.05, 0) is 40.5 Å². The summed E-state index contributed by atoms with van der Waals surface area (Å²) >= 11 is 7.32. The van der Waals surface area contributed by atoms with Crippen LogP contribution < -0.4 is 4.74 Å². The minimum Gasteiger partial charge on any atom is -0.463 e. The van der Waals surface area contributed by atoms with Crippen LogP contribution in [0.15, 0.2) is 80.8 Å². The van der Waals surface area contributed by atoms with Crippen LogP contribution in [-0.2, 0) is 0 Å². The molecule has 2 aliphatic heterocycles. The number of ether oxygens (including phenoxy) is 1. The summed E-state index contributed by atoms with van der Waals surface area (Å²) in [6, 6.07) is 23.2. The molecule has 0 radical (unpaired) electrons. The highest BCUT2D eigenvalue weighted by atomic mass is 79.9. The number of halogens is 2. The molecule has 0 spiro atoms. The topological polar surface area (TPSA) is 24.8 Å². The highest BCUT2D eigenvalue weighted by Gasteiger charge is 2.41. The second-order valence-corrected chi connectivity index (χ2v) is 8.97. The van der Waals surface area contributed by atoms with E-state index < -0.39 is 0 Å². The summed E-state index contributed by atoms with van der Waals surface area (Å²) in [5, 5.41) is 7.13. The van der Waals surface area contributed by atoms with E-state index in [-0.39, 0.29) is 12.3 Å². The minimum absolute atomic E-state index is 0.138. The van der Waals surface area contributed by atoms with Gasteiger partial charge in [-0.25, -0.2) is 5.01 Å². The van der Waals surface area contributed by atoms with Crippen LogP contribution in [0.1, 0.15) is 40.9 Å². The molecule has 0 aliphatic carbocycles. The largest absolute Gasteiger partial charge is 0.463 e. The second-order valence-electron chi connectivity index (χ2n) is 7.20. The number of fused-ring (bicyclic) bond motifs is 3. The Kier molecular flexibility index (Phi) is 4.52. The highest BCUT2D eigenvalue weighted by molar-refractivity contribution is 9.11. The highest BCUT2D eigenvalue weighted by Crippen LogP contribution is 2.50. The Morgan fingerprint density at radius 2 is 1.75 bits per heavy atom. The van der Waals surface area contributed by atoms with E-state index in [1.807, 2.05) is 12.1 Å². The standard InChI is InChI=1S/C23H18Br2N2O/c1-14-7-9-16(10-8-14)23-27-21(13-20(26-27)15-5-3-2-4-6-15)18-11-17(24)12-19(25)22(18)28-23/h2-12,21,23H,13H2,1H3/t21-,23-/m0/s1. The Bertz CT molecular complexity index is 1060. The number of benzene rings is 3. The van der Waals surface area contributed by atoms with Crippen molar-refractivity contribution >= 4 is 37.6 Å². The maximum Gasteiger partial charge on any atom is 0.213 e. The summed E-state index contributed by atoms with van der Waals surface area (Å²) in [5.74, 6) is 0.902. The van der Waals surface area contributed by atoms with Crippen LogP contribution in [0.4, 0.5) is 0 Å². The summed E-state index contributed by atoms with van der Waals surface area (Å²) < 4.78 is 8.48. The van der Waals surface area contributed by atoms with E-state index in [1.54, 1.807) is 0 Å². The third-order valence-corrected chi connectivity index (χ3v) is 6.32. The summed E-state index contributed by atoms with van der Waals surface area (Å²) in [6.45, 7) is 2.10. The zero-order valence-corrected chi connectivity index (χ0v) is 18.4. The van der Waals surface area contributed by atoms with E-state index in [1.165, 1.54) is 5.56 Å². The Labute approximate surface area is 181 Å². The van der Waals surface area contributed by atoms with E-state index in [9.17, 15) is 0 Å². The third-order valence-electron chi connectivity index (χ3n) is 5.28. The summed E-state index contributed by atoms with van der Waals surface area (Å²) in [7, 11) is 0. The van der Waals surface area contributed by atoms with Crippen LogP contribution in [0.3, 0.4) is 0 Å². The number of hydrogen-bond donors (Lipinski definition) is 0. The number of rotatable bonds is 2. The predicted octanol–water partition coefficient (Wildman–Crippen LogP) is 6.76. The molecule has 3 aromatic carbocycles. The maximum atomic E-state index is 6.49. The molecule has 5 heteroatoms. The van der Waals surface area contributed by atoms with Gasteiger partial charge in [0.15, 0.2) is 0 Å². The van der Waals surface area contributed by atoms with Crippen LogP contribution in [0.5, 0.6) is 5.75 Å². The van der Waals surface area contributed by atoms with Crippen molar-refractivity contribution in [3.8, 4) is 5.75 Å². The van der Waals surface area contributed by atoms with Crippen molar-refractivity contribution in [3.05, 3.63) is 97.9 Å². The molecule has 5 rings (SSSR count). The molecule has 0 unspecified atom stereocenters. The lowest BCUT2D eigenvalue weighted by Gasteiger charge is -2.38. The average molecular weight is 498 g/mol. The van der Waals surface area contributed by atoms with Crippen molar-refractivity contribution in [1.82, 2.24) is 5.01 Å². The van der Waals surface area contributed by atoms with Gasteiger partial charge in [-0.1, -0.05) is 76.1 Å². The second kappa shape index (κ2) is 7.05. The monoisotopic (exact) mass is 496 g/mol. The zero-order valence-electron chi connectivity index (χ0n) is 15.3. The molecule has 2 heterocycles. The first kappa shape index (κ1) is 18.0. The molecule has 140 valence electrons. The molecule has 0 N–H and O–H groups in total. The normalized spacial score (nSPS) is 20.2. The Morgan fingerprint density at radius 1 is 1.00 bits per heavy atom. The van der Waals surface area contributed by atoms with Crippen LogP contribution in [0.2, 0.25) is 0 Å². The van der Waals surface area contributed by atoms with Gasteiger partial charge < -0.3 is 4.74 Å². The summed E-state index contributed by atoms with van der Waals surface area (Å²) in [6.07, 6.45) is 0.600. The lowest BCUT2D eigenvalue weighted by Crippen LogP contribution is -2.33. The van der Waals surface area contributed by atoms with Crippen molar-refractivity contribution in [2.75, 3.05) is 0 Å². The molecule has 28 heavy (non-hydrogen) atoms. The van der Waals surface area contributed by atoms with Gasteiger partial charge in [-0.3, -0.25) is 0 Å². The van der Waals surface area contributed by atoms with Gasteiger partial charge in [0.2, 0.25) is 6.23 Å². The summed E-state index contributed by atoms with van der Waals surface area (Å²) in [4.78, 5) is 0. The Balaban J connectivity index is 1.63. The molecular formula is C23H18Br2N2O. The number of hydrazone groups is 1. The first-order valence-corrected chi connectivity index (χ1v) is 10.8. The maximum absolute atomic E-state index is 6.49. The fourth-order valence-electron chi connectivity index (χ4n) is 3.87.